The number of hydrogen-bond donors (Lipinski definition) is 2. The summed E-state index contributed by atoms with van der Waals surface area (Å²) in [5.41, 5.74) is 3.27. The van der Waals surface area contributed by atoms with Crippen LogP contribution in [0.15, 0.2) is 18.2 Å². The van der Waals surface area contributed by atoms with Gasteiger partial charge in [-0.25, -0.2) is 8.42 Å². The van der Waals surface area contributed by atoms with E-state index in [2.05, 4.69) is 17.6 Å². The third-order valence-electron chi connectivity index (χ3n) is 3.76. The maximum absolute atomic E-state index is 11.9. The van der Waals surface area contributed by atoms with E-state index < -0.39 is 9.84 Å². The van der Waals surface area contributed by atoms with Gasteiger partial charge in [-0.05, 0) is 30.9 Å². The van der Waals surface area contributed by atoms with Crippen LogP contribution < -0.4 is 10.6 Å². The zero-order valence-corrected chi connectivity index (χ0v) is 13.3. The van der Waals surface area contributed by atoms with Gasteiger partial charge in [0.05, 0.1) is 18.1 Å². The predicted octanol–water partition coefficient (Wildman–Crippen LogP) is 1.27. The Morgan fingerprint density at radius 2 is 2.14 bits per heavy atom. The first-order valence-corrected chi connectivity index (χ1v) is 9.05. The van der Waals surface area contributed by atoms with Crippen LogP contribution in [0.25, 0.3) is 0 Å². The van der Waals surface area contributed by atoms with Gasteiger partial charge in [0.25, 0.3) is 0 Å². The van der Waals surface area contributed by atoms with Crippen molar-refractivity contribution in [1.82, 2.24) is 5.32 Å². The number of hydrogen-bond acceptors (Lipinski definition) is 4. The second-order valence-corrected chi connectivity index (χ2v) is 7.71. The first kappa shape index (κ1) is 15.8. The van der Waals surface area contributed by atoms with Crippen molar-refractivity contribution in [3.8, 4) is 0 Å². The Kier molecular flexibility index (Phi) is 4.88. The monoisotopic (exact) mass is 310 g/mol. The van der Waals surface area contributed by atoms with E-state index >= 15 is 0 Å². The lowest BCUT2D eigenvalue weighted by Gasteiger charge is -2.15. The van der Waals surface area contributed by atoms with E-state index in [0.29, 0.717) is 6.42 Å². The summed E-state index contributed by atoms with van der Waals surface area (Å²) < 4.78 is 22.7. The SMILES string of the molecule is CCc1cccc(C)c1NCC(=O)N[C@H]1CCS(=O)(=O)C1. The first-order chi connectivity index (χ1) is 9.91. The summed E-state index contributed by atoms with van der Waals surface area (Å²) >= 11 is 0. The Balaban J connectivity index is 1.90. The van der Waals surface area contributed by atoms with Crippen LogP contribution in [-0.4, -0.2) is 38.4 Å². The molecule has 1 heterocycles. The van der Waals surface area contributed by atoms with Gasteiger partial charge in [-0.2, -0.15) is 0 Å². The summed E-state index contributed by atoms with van der Waals surface area (Å²) in [5.74, 6) is 0.0642. The highest BCUT2D eigenvalue weighted by molar-refractivity contribution is 7.91. The van der Waals surface area contributed by atoms with Crippen molar-refractivity contribution < 1.29 is 13.2 Å². The van der Waals surface area contributed by atoms with Gasteiger partial charge in [0.15, 0.2) is 9.84 Å². The maximum atomic E-state index is 11.9. The molecule has 1 amide bonds. The van der Waals surface area contributed by atoms with Crippen molar-refractivity contribution in [2.24, 2.45) is 0 Å². The number of amides is 1. The quantitative estimate of drug-likeness (QED) is 0.859. The van der Waals surface area contributed by atoms with E-state index in [0.717, 1.165) is 17.7 Å². The summed E-state index contributed by atoms with van der Waals surface area (Å²) in [7, 11) is -2.96. The minimum Gasteiger partial charge on any atom is -0.376 e. The van der Waals surface area contributed by atoms with Gasteiger partial charge in [-0.1, -0.05) is 25.1 Å². The summed E-state index contributed by atoms with van der Waals surface area (Å²) in [6.07, 6.45) is 1.41. The molecule has 0 unspecified atom stereocenters. The predicted molar refractivity (Wildman–Crippen MR) is 84.2 cm³/mol. The Morgan fingerprint density at radius 3 is 2.76 bits per heavy atom. The molecule has 5 nitrogen and oxygen atoms in total. The summed E-state index contributed by atoms with van der Waals surface area (Å²) in [4.78, 5) is 11.9. The topological polar surface area (TPSA) is 75.3 Å². The molecule has 0 aliphatic carbocycles. The highest BCUT2D eigenvalue weighted by Crippen LogP contribution is 2.20. The molecule has 2 rings (SSSR count). The minimum absolute atomic E-state index is 0.0588. The Labute approximate surface area is 126 Å². The lowest BCUT2D eigenvalue weighted by Crippen LogP contribution is -2.39. The number of rotatable bonds is 5. The number of sulfone groups is 1. The average Bonchev–Trinajstić information content (AvgIpc) is 2.76. The number of para-hydroxylation sites is 1. The Bertz CT molecular complexity index is 626. The van der Waals surface area contributed by atoms with Gasteiger partial charge in [0.1, 0.15) is 0 Å². The average molecular weight is 310 g/mol. The van der Waals surface area contributed by atoms with E-state index in [9.17, 15) is 13.2 Å². The summed E-state index contributed by atoms with van der Waals surface area (Å²) in [6, 6.07) is 5.80. The molecule has 0 saturated carbocycles. The fourth-order valence-corrected chi connectivity index (χ4v) is 4.31. The fraction of sp³-hybridized carbons (Fsp3) is 0.533. The highest BCUT2D eigenvalue weighted by atomic mass is 32.2. The Hall–Kier alpha value is -1.56. The third kappa shape index (κ3) is 4.20. The zero-order chi connectivity index (χ0) is 15.5. The van der Waals surface area contributed by atoms with E-state index in [4.69, 9.17) is 0 Å². The van der Waals surface area contributed by atoms with Crippen LogP contribution in [0.2, 0.25) is 0 Å². The maximum Gasteiger partial charge on any atom is 0.239 e. The molecule has 0 aromatic heterocycles. The molecule has 0 bridgehead atoms. The number of anilines is 1. The molecule has 21 heavy (non-hydrogen) atoms. The highest BCUT2D eigenvalue weighted by Gasteiger charge is 2.28. The van der Waals surface area contributed by atoms with Gasteiger partial charge in [0.2, 0.25) is 5.91 Å². The molecule has 1 fully saturated rings. The van der Waals surface area contributed by atoms with Crippen molar-refractivity contribution in [2.45, 2.75) is 32.7 Å². The Morgan fingerprint density at radius 1 is 1.38 bits per heavy atom. The molecule has 1 aromatic carbocycles. The standard InChI is InChI=1S/C15H22N2O3S/c1-3-12-6-4-5-11(2)15(12)16-9-14(18)17-13-7-8-21(19,20)10-13/h4-6,13,16H,3,7-10H2,1-2H3,(H,17,18)/t13-/m0/s1. The largest absolute Gasteiger partial charge is 0.376 e. The molecular weight excluding hydrogens is 288 g/mol. The smallest absolute Gasteiger partial charge is 0.239 e. The van der Waals surface area contributed by atoms with Crippen LogP contribution in [0.4, 0.5) is 5.69 Å². The second kappa shape index (κ2) is 6.47. The fourth-order valence-electron chi connectivity index (χ4n) is 2.63. The lowest BCUT2D eigenvalue weighted by molar-refractivity contribution is -0.119. The van der Waals surface area contributed by atoms with Crippen molar-refractivity contribution >= 4 is 21.4 Å². The van der Waals surface area contributed by atoms with Crippen LogP contribution in [0.3, 0.4) is 0 Å². The van der Waals surface area contributed by atoms with Crippen LogP contribution >= 0.6 is 0 Å². The van der Waals surface area contributed by atoms with Crippen LogP contribution in [-0.2, 0) is 21.1 Å². The molecule has 116 valence electrons. The molecule has 2 N–H and O–H groups in total. The molecule has 0 radical (unpaired) electrons. The lowest BCUT2D eigenvalue weighted by atomic mass is 10.1. The minimum atomic E-state index is -2.96. The van der Waals surface area contributed by atoms with Crippen molar-refractivity contribution in [3.05, 3.63) is 29.3 Å². The second-order valence-electron chi connectivity index (χ2n) is 5.48. The molecule has 6 heteroatoms. The number of carbonyl (C=O) groups excluding carboxylic acids is 1. The van der Waals surface area contributed by atoms with Crippen LogP contribution in [0.1, 0.15) is 24.5 Å². The van der Waals surface area contributed by atoms with Gasteiger partial charge in [0, 0.05) is 11.7 Å². The van der Waals surface area contributed by atoms with E-state index in [1.807, 2.05) is 25.1 Å². The molecule has 0 spiro atoms. The van der Waals surface area contributed by atoms with E-state index in [1.165, 1.54) is 5.56 Å². The van der Waals surface area contributed by atoms with Crippen molar-refractivity contribution in [3.63, 3.8) is 0 Å². The van der Waals surface area contributed by atoms with E-state index in [-0.39, 0.29) is 30.0 Å². The number of benzene rings is 1. The number of aryl methyl sites for hydroxylation is 2. The van der Waals surface area contributed by atoms with Crippen molar-refractivity contribution in [2.75, 3.05) is 23.4 Å². The van der Waals surface area contributed by atoms with Gasteiger partial charge in [-0.3, -0.25) is 4.79 Å². The molecule has 1 aromatic rings. The third-order valence-corrected chi connectivity index (χ3v) is 5.53. The van der Waals surface area contributed by atoms with Crippen LogP contribution in [0.5, 0.6) is 0 Å². The van der Waals surface area contributed by atoms with Gasteiger partial charge < -0.3 is 10.6 Å². The molecule has 1 aliphatic heterocycles. The normalized spacial score (nSPS) is 20.2. The van der Waals surface area contributed by atoms with Gasteiger partial charge >= 0.3 is 0 Å². The number of nitrogens with one attached hydrogen (secondary N) is 2. The summed E-state index contributed by atoms with van der Waals surface area (Å²) in [5, 5.41) is 5.95. The number of carbonyl (C=O) groups is 1. The zero-order valence-electron chi connectivity index (χ0n) is 12.5. The molecular formula is C15H22N2O3S. The van der Waals surface area contributed by atoms with Crippen molar-refractivity contribution in [1.29, 1.82) is 0 Å². The van der Waals surface area contributed by atoms with E-state index in [1.54, 1.807) is 0 Å². The van der Waals surface area contributed by atoms with Gasteiger partial charge in [-0.15, -0.1) is 0 Å². The molecule has 1 saturated heterocycles. The molecule has 1 aliphatic rings. The van der Waals surface area contributed by atoms with Crippen LogP contribution in [0, 0.1) is 6.92 Å². The summed E-state index contributed by atoms with van der Waals surface area (Å²) in [6.45, 7) is 4.24. The first-order valence-electron chi connectivity index (χ1n) is 7.23. The molecule has 1 atom stereocenters.